The number of hydrogen-bond donors (Lipinski definition) is 3. The number of aliphatic hydroxyl groups is 2. The summed E-state index contributed by atoms with van der Waals surface area (Å²) in [5.41, 5.74) is 4.83. The van der Waals surface area contributed by atoms with Crippen molar-refractivity contribution < 1.29 is 10.2 Å². The molecule has 4 N–H and O–H groups in total. The minimum atomic E-state index is -0.754. The number of aliphatic hydroxyl groups excluding tert-OH is 2. The average Bonchev–Trinajstić information content (AvgIpc) is 2.00. The molecule has 0 spiro atoms. The standard InChI is InChI=1S/C7H17NO2/c1-2-3-4-7(8,5-9)6-10/h9-10H,2-6,8H2,1H3. The van der Waals surface area contributed by atoms with Gasteiger partial charge < -0.3 is 15.9 Å². The van der Waals surface area contributed by atoms with Crippen LogP contribution in [0.5, 0.6) is 0 Å². The Bertz CT molecular complexity index is 81.7. The van der Waals surface area contributed by atoms with Crippen LogP contribution in [0.1, 0.15) is 26.2 Å². The van der Waals surface area contributed by atoms with Gasteiger partial charge in [0.15, 0.2) is 0 Å². The zero-order valence-electron chi connectivity index (χ0n) is 6.51. The van der Waals surface area contributed by atoms with Crippen LogP contribution >= 0.6 is 0 Å². The van der Waals surface area contributed by atoms with Gasteiger partial charge in [0.1, 0.15) is 0 Å². The Kier molecular flexibility index (Phi) is 4.60. The molecule has 0 aliphatic heterocycles. The molecule has 0 saturated heterocycles. The van der Waals surface area contributed by atoms with E-state index in [-0.39, 0.29) is 13.2 Å². The van der Waals surface area contributed by atoms with Crippen molar-refractivity contribution in [3.05, 3.63) is 0 Å². The Morgan fingerprint density at radius 3 is 2.10 bits per heavy atom. The smallest absolute Gasteiger partial charge is 0.0633 e. The first-order chi connectivity index (χ1) is 4.68. The van der Waals surface area contributed by atoms with E-state index in [1.54, 1.807) is 0 Å². The molecule has 10 heavy (non-hydrogen) atoms. The summed E-state index contributed by atoms with van der Waals surface area (Å²) in [5, 5.41) is 17.5. The van der Waals surface area contributed by atoms with Gasteiger partial charge in [-0.25, -0.2) is 0 Å². The molecule has 0 aromatic carbocycles. The number of unbranched alkanes of at least 4 members (excludes halogenated alkanes) is 1. The van der Waals surface area contributed by atoms with Crippen LogP contribution in [-0.4, -0.2) is 29.0 Å². The lowest BCUT2D eigenvalue weighted by Crippen LogP contribution is -2.47. The molecular formula is C7H17NO2. The third kappa shape index (κ3) is 3.15. The summed E-state index contributed by atoms with van der Waals surface area (Å²) >= 11 is 0. The predicted molar refractivity (Wildman–Crippen MR) is 40.6 cm³/mol. The normalized spacial score (nSPS) is 12.0. The van der Waals surface area contributed by atoms with Gasteiger partial charge in [0.2, 0.25) is 0 Å². The highest BCUT2D eigenvalue weighted by Gasteiger charge is 2.21. The van der Waals surface area contributed by atoms with Gasteiger partial charge in [-0.15, -0.1) is 0 Å². The van der Waals surface area contributed by atoms with Crippen molar-refractivity contribution in [2.75, 3.05) is 13.2 Å². The molecule has 0 bridgehead atoms. The summed E-state index contributed by atoms with van der Waals surface area (Å²) in [5.74, 6) is 0. The molecular weight excluding hydrogens is 130 g/mol. The van der Waals surface area contributed by atoms with Crippen LogP contribution in [0.15, 0.2) is 0 Å². The Labute approximate surface area is 61.9 Å². The maximum absolute atomic E-state index is 8.73. The highest BCUT2D eigenvalue weighted by Crippen LogP contribution is 2.09. The second-order valence-electron chi connectivity index (χ2n) is 2.78. The summed E-state index contributed by atoms with van der Waals surface area (Å²) in [6, 6.07) is 0. The van der Waals surface area contributed by atoms with Crippen molar-refractivity contribution in [1.29, 1.82) is 0 Å². The van der Waals surface area contributed by atoms with Gasteiger partial charge in [-0.3, -0.25) is 0 Å². The van der Waals surface area contributed by atoms with Crippen LogP contribution in [0.2, 0.25) is 0 Å². The molecule has 0 amide bonds. The van der Waals surface area contributed by atoms with Gasteiger partial charge >= 0.3 is 0 Å². The molecule has 3 nitrogen and oxygen atoms in total. The van der Waals surface area contributed by atoms with Crippen molar-refractivity contribution in [3.8, 4) is 0 Å². The highest BCUT2D eigenvalue weighted by atomic mass is 16.3. The van der Waals surface area contributed by atoms with Gasteiger partial charge in [0.05, 0.1) is 18.8 Å². The van der Waals surface area contributed by atoms with E-state index in [0.29, 0.717) is 6.42 Å². The van der Waals surface area contributed by atoms with Crippen molar-refractivity contribution in [3.63, 3.8) is 0 Å². The van der Waals surface area contributed by atoms with Crippen molar-refractivity contribution in [1.82, 2.24) is 0 Å². The van der Waals surface area contributed by atoms with Gasteiger partial charge in [-0.2, -0.15) is 0 Å². The Morgan fingerprint density at radius 1 is 1.30 bits per heavy atom. The molecule has 0 saturated carbocycles. The minimum absolute atomic E-state index is 0.135. The summed E-state index contributed by atoms with van der Waals surface area (Å²) in [4.78, 5) is 0. The third-order valence-electron chi connectivity index (χ3n) is 1.66. The average molecular weight is 147 g/mol. The van der Waals surface area contributed by atoms with E-state index >= 15 is 0 Å². The maximum atomic E-state index is 8.73. The van der Waals surface area contributed by atoms with Gasteiger partial charge in [0, 0.05) is 0 Å². The van der Waals surface area contributed by atoms with E-state index < -0.39 is 5.54 Å². The number of rotatable bonds is 5. The molecule has 0 atom stereocenters. The molecule has 0 aromatic rings. The molecule has 0 aliphatic carbocycles. The van der Waals surface area contributed by atoms with E-state index in [1.807, 2.05) is 0 Å². The monoisotopic (exact) mass is 147 g/mol. The minimum Gasteiger partial charge on any atom is -0.394 e. The van der Waals surface area contributed by atoms with Crippen LogP contribution < -0.4 is 5.73 Å². The Hall–Kier alpha value is -0.120. The molecule has 62 valence electrons. The fourth-order valence-electron chi connectivity index (χ4n) is 0.737. The number of nitrogens with two attached hydrogens (primary N) is 1. The fraction of sp³-hybridized carbons (Fsp3) is 1.00. The van der Waals surface area contributed by atoms with Gasteiger partial charge in [0.25, 0.3) is 0 Å². The van der Waals surface area contributed by atoms with Crippen LogP contribution in [0.3, 0.4) is 0 Å². The van der Waals surface area contributed by atoms with Crippen molar-refractivity contribution in [2.24, 2.45) is 5.73 Å². The number of hydrogen-bond acceptors (Lipinski definition) is 3. The quantitative estimate of drug-likeness (QED) is 0.507. The molecule has 0 unspecified atom stereocenters. The van der Waals surface area contributed by atoms with Gasteiger partial charge in [-0.1, -0.05) is 19.8 Å². The Balaban J connectivity index is 3.58. The lowest BCUT2D eigenvalue weighted by molar-refractivity contribution is 0.113. The maximum Gasteiger partial charge on any atom is 0.0633 e. The zero-order valence-corrected chi connectivity index (χ0v) is 6.51. The zero-order chi connectivity index (χ0) is 8.04. The second-order valence-corrected chi connectivity index (χ2v) is 2.78. The SMILES string of the molecule is CCCCC(N)(CO)CO. The first-order valence-corrected chi connectivity index (χ1v) is 3.69. The van der Waals surface area contributed by atoms with Crippen LogP contribution in [0, 0.1) is 0 Å². The second kappa shape index (κ2) is 4.66. The van der Waals surface area contributed by atoms with Crippen molar-refractivity contribution in [2.45, 2.75) is 31.7 Å². The molecule has 0 radical (unpaired) electrons. The van der Waals surface area contributed by atoms with Crippen LogP contribution in [0.25, 0.3) is 0 Å². The summed E-state index contributed by atoms with van der Waals surface area (Å²) in [7, 11) is 0. The van der Waals surface area contributed by atoms with E-state index in [0.717, 1.165) is 12.8 Å². The third-order valence-corrected chi connectivity index (χ3v) is 1.66. The Morgan fingerprint density at radius 2 is 1.80 bits per heavy atom. The molecule has 0 aromatic heterocycles. The lowest BCUT2D eigenvalue weighted by atomic mass is 9.96. The molecule has 0 heterocycles. The first kappa shape index (κ1) is 9.88. The van der Waals surface area contributed by atoms with E-state index in [9.17, 15) is 0 Å². The van der Waals surface area contributed by atoms with Crippen molar-refractivity contribution >= 4 is 0 Å². The molecule has 0 rings (SSSR count). The molecule has 3 heteroatoms. The topological polar surface area (TPSA) is 66.5 Å². The summed E-state index contributed by atoms with van der Waals surface area (Å²) in [6.07, 6.45) is 2.69. The summed E-state index contributed by atoms with van der Waals surface area (Å²) < 4.78 is 0. The summed E-state index contributed by atoms with van der Waals surface area (Å²) in [6.45, 7) is 1.78. The van der Waals surface area contributed by atoms with Crippen LogP contribution in [-0.2, 0) is 0 Å². The van der Waals surface area contributed by atoms with Gasteiger partial charge in [-0.05, 0) is 6.42 Å². The fourth-order valence-corrected chi connectivity index (χ4v) is 0.737. The van der Waals surface area contributed by atoms with E-state index in [4.69, 9.17) is 15.9 Å². The lowest BCUT2D eigenvalue weighted by Gasteiger charge is -2.23. The van der Waals surface area contributed by atoms with E-state index in [1.165, 1.54) is 0 Å². The largest absolute Gasteiger partial charge is 0.394 e. The predicted octanol–water partition coefficient (Wildman–Crippen LogP) is -0.141. The molecule has 0 aliphatic rings. The highest BCUT2D eigenvalue weighted by molar-refractivity contribution is 4.81. The van der Waals surface area contributed by atoms with Crippen LogP contribution in [0.4, 0.5) is 0 Å². The first-order valence-electron chi connectivity index (χ1n) is 3.69. The van der Waals surface area contributed by atoms with E-state index in [2.05, 4.69) is 6.92 Å². The molecule has 0 fully saturated rings.